The van der Waals surface area contributed by atoms with Gasteiger partial charge in [-0.2, -0.15) is 0 Å². The third-order valence-electron chi connectivity index (χ3n) is 3.40. The smallest absolute Gasteiger partial charge is 0.129 e. The standard InChI is InChI=1S/C13H20ClFN2/c1-9(2)13(3,8-16)17-7-10-4-5-11(14)6-12(10)15/h4-6,9,17H,7-8,16H2,1-3H3. The lowest BCUT2D eigenvalue weighted by Gasteiger charge is -2.34. The molecule has 0 amide bonds. The van der Waals surface area contributed by atoms with Crippen molar-refractivity contribution in [3.05, 3.63) is 34.6 Å². The van der Waals surface area contributed by atoms with E-state index in [1.165, 1.54) is 6.07 Å². The summed E-state index contributed by atoms with van der Waals surface area (Å²) in [5.41, 5.74) is 6.17. The first kappa shape index (κ1) is 14.4. The van der Waals surface area contributed by atoms with Gasteiger partial charge in [-0.3, -0.25) is 0 Å². The van der Waals surface area contributed by atoms with Crippen molar-refractivity contribution in [3.63, 3.8) is 0 Å². The lowest BCUT2D eigenvalue weighted by molar-refractivity contribution is 0.266. The molecule has 2 nitrogen and oxygen atoms in total. The quantitative estimate of drug-likeness (QED) is 0.852. The number of rotatable bonds is 5. The van der Waals surface area contributed by atoms with Crippen LogP contribution in [-0.4, -0.2) is 12.1 Å². The first-order chi connectivity index (χ1) is 7.89. The molecular formula is C13H20ClFN2. The maximum absolute atomic E-state index is 13.6. The Hall–Kier alpha value is -0.640. The molecule has 17 heavy (non-hydrogen) atoms. The van der Waals surface area contributed by atoms with Gasteiger partial charge in [-0.25, -0.2) is 4.39 Å². The van der Waals surface area contributed by atoms with Crippen molar-refractivity contribution in [1.29, 1.82) is 0 Å². The van der Waals surface area contributed by atoms with Gasteiger partial charge < -0.3 is 11.1 Å². The SMILES string of the molecule is CC(C)C(C)(CN)NCc1ccc(Cl)cc1F. The van der Waals surface area contributed by atoms with E-state index in [0.29, 0.717) is 29.6 Å². The zero-order valence-electron chi connectivity index (χ0n) is 10.6. The molecular weight excluding hydrogens is 239 g/mol. The second-order valence-corrected chi connectivity index (χ2v) is 5.30. The third-order valence-corrected chi connectivity index (χ3v) is 3.63. The molecule has 0 aliphatic rings. The number of halogens is 2. The summed E-state index contributed by atoms with van der Waals surface area (Å²) < 4.78 is 13.6. The Morgan fingerprint density at radius 2 is 2.12 bits per heavy atom. The second kappa shape index (κ2) is 5.80. The van der Waals surface area contributed by atoms with Crippen LogP contribution in [0.3, 0.4) is 0 Å². The molecule has 0 bridgehead atoms. The minimum atomic E-state index is -0.284. The molecule has 96 valence electrons. The van der Waals surface area contributed by atoms with Gasteiger partial charge in [-0.15, -0.1) is 0 Å². The normalized spacial score (nSPS) is 15.0. The van der Waals surface area contributed by atoms with E-state index in [1.54, 1.807) is 12.1 Å². The molecule has 0 saturated heterocycles. The van der Waals surface area contributed by atoms with Crippen molar-refractivity contribution in [2.45, 2.75) is 32.9 Å². The van der Waals surface area contributed by atoms with Crippen LogP contribution in [0.2, 0.25) is 5.02 Å². The van der Waals surface area contributed by atoms with Crippen molar-refractivity contribution in [2.75, 3.05) is 6.54 Å². The summed E-state index contributed by atoms with van der Waals surface area (Å²) in [5, 5.41) is 3.73. The van der Waals surface area contributed by atoms with Gasteiger partial charge in [0.1, 0.15) is 5.82 Å². The Kier molecular flexibility index (Phi) is 4.92. The Morgan fingerprint density at radius 3 is 2.59 bits per heavy atom. The maximum Gasteiger partial charge on any atom is 0.129 e. The van der Waals surface area contributed by atoms with Crippen LogP contribution in [0.4, 0.5) is 4.39 Å². The molecule has 3 N–H and O–H groups in total. The van der Waals surface area contributed by atoms with Crippen molar-refractivity contribution in [2.24, 2.45) is 11.7 Å². The summed E-state index contributed by atoms with van der Waals surface area (Å²) in [6, 6.07) is 4.71. The minimum absolute atomic E-state index is 0.188. The Morgan fingerprint density at radius 1 is 1.47 bits per heavy atom. The van der Waals surface area contributed by atoms with Crippen LogP contribution in [0.15, 0.2) is 18.2 Å². The average Bonchev–Trinajstić information content (AvgIpc) is 2.27. The van der Waals surface area contributed by atoms with E-state index in [-0.39, 0.29) is 11.4 Å². The molecule has 1 rings (SSSR count). The van der Waals surface area contributed by atoms with E-state index < -0.39 is 0 Å². The summed E-state index contributed by atoms with van der Waals surface area (Å²) in [4.78, 5) is 0. The topological polar surface area (TPSA) is 38.0 Å². The van der Waals surface area contributed by atoms with E-state index in [0.717, 1.165) is 0 Å². The Bertz CT molecular complexity index is 382. The average molecular weight is 259 g/mol. The third kappa shape index (κ3) is 3.66. The summed E-state index contributed by atoms with van der Waals surface area (Å²) in [6.07, 6.45) is 0. The van der Waals surface area contributed by atoms with Crippen LogP contribution in [0, 0.1) is 11.7 Å². The predicted molar refractivity (Wildman–Crippen MR) is 70.5 cm³/mol. The highest BCUT2D eigenvalue weighted by Gasteiger charge is 2.25. The van der Waals surface area contributed by atoms with E-state index in [4.69, 9.17) is 17.3 Å². The molecule has 0 aromatic heterocycles. The molecule has 1 atom stereocenters. The van der Waals surface area contributed by atoms with Crippen LogP contribution in [0.25, 0.3) is 0 Å². The molecule has 0 saturated carbocycles. The fourth-order valence-corrected chi connectivity index (χ4v) is 1.63. The number of hydrogen-bond donors (Lipinski definition) is 2. The zero-order chi connectivity index (χ0) is 13.1. The molecule has 0 spiro atoms. The Balaban J connectivity index is 2.73. The second-order valence-electron chi connectivity index (χ2n) is 4.87. The number of nitrogens with two attached hydrogens (primary N) is 1. The lowest BCUT2D eigenvalue weighted by Crippen LogP contribution is -2.52. The van der Waals surface area contributed by atoms with E-state index in [1.807, 2.05) is 6.92 Å². The van der Waals surface area contributed by atoms with Gasteiger partial charge in [0.25, 0.3) is 0 Å². The first-order valence-electron chi connectivity index (χ1n) is 5.78. The maximum atomic E-state index is 13.6. The van der Waals surface area contributed by atoms with Gasteiger partial charge in [0.05, 0.1) is 0 Å². The monoisotopic (exact) mass is 258 g/mol. The molecule has 0 aliphatic carbocycles. The predicted octanol–water partition coefficient (Wildman–Crippen LogP) is 2.94. The summed E-state index contributed by atoms with van der Waals surface area (Å²) >= 11 is 5.70. The van der Waals surface area contributed by atoms with E-state index in [9.17, 15) is 4.39 Å². The number of nitrogens with one attached hydrogen (secondary N) is 1. The molecule has 0 aliphatic heterocycles. The molecule has 0 radical (unpaired) electrons. The largest absolute Gasteiger partial charge is 0.329 e. The van der Waals surface area contributed by atoms with Gasteiger partial charge in [-0.1, -0.05) is 31.5 Å². The first-order valence-corrected chi connectivity index (χ1v) is 6.16. The fourth-order valence-electron chi connectivity index (χ4n) is 1.47. The number of benzene rings is 1. The molecule has 4 heteroatoms. The summed E-state index contributed by atoms with van der Waals surface area (Å²) in [6.45, 7) is 7.20. The molecule has 1 aromatic rings. The van der Waals surface area contributed by atoms with Crippen molar-refractivity contribution >= 4 is 11.6 Å². The van der Waals surface area contributed by atoms with Crippen LogP contribution in [0.5, 0.6) is 0 Å². The van der Waals surface area contributed by atoms with E-state index >= 15 is 0 Å². The van der Waals surface area contributed by atoms with Gasteiger partial charge in [0.2, 0.25) is 0 Å². The van der Waals surface area contributed by atoms with E-state index in [2.05, 4.69) is 19.2 Å². The number of hydrogen-bond acceptors (Lipinski definition) is 2. The highest BCUT2D eigenvalue weighted by Crippen LogP contribution is 2.18. The van der Waals surface area contributed by atoms with Crippen LogP contribution in [-0.2, 0) is 6.54 Å². The van der Waals surface area contributed by atoms with Crippen molar-refractivity contribution in [1.82, 2.24) is 5.32 Å². The highest BCUT2D eigenvalue weighted by atomic mass is 35.5. The van der Waals surface area contributed by atoms with Crippen LogP contribution < -0.4 is 11.1 Å². The van der Waals surface area contributed by atoms with Gasteiger partial charge >= 0.3 is 0 Å². The van der Waals surface area contributed by atoms with Gasteiger partial charge in [0, 0.05) is 29.2 Å². The van der Waals surface area contributed by atoms with Crippen molar-refractivity contribution < 1.29 is 4.39 Å². The molecule has 0 heterocycles. The molecule has 1 unspecified atom stereocenters. The van der Waals surface area contributed by atoms with Crippen molar-refractivity contribution in [3.8, 4) is 0 Å². The van der Waals surface area contributed by atoms with Crippen LogP contribution in [0.1, 0.15) is 26.3 Å². The minimum Gasteiger partial charge on any atom is -0.329 e. The van der Waals surface area contributed by atoms with Gasteiger partial charge in [-0.05, 0) is 25.0 Å². The molecule has 0 fully saturated rings. The summed E-state index contributed by atoms with van der Waals surface area (Å²) in [7, 11) is 0. The Labute approximate surface area is 107 Å². The zero-order valence-corrected chi connectivity index (χ0v) is 11.3. The highest BCUT2D eigenvalue weighted by molar-refractivity contribution is 6.30. The fraction of sp³-hybridized carbons (Fsp3) is 0.538. The lowest BCUT2D eigenvalue weighted by atomic mass is 9.88. The van der Waals surface area contributed by atoms with Crippen LogP contribution >= 0.6 is 11.6 Å². The summed E-state index contributed by atoms with van der Waals surface area (Å²) in [5.74, 6) is 0.0935. The van der Waals surface area contributed by atoms with Gasteiger partial charge in [0.15, 0.2) is 0 Å². The molecule has 1 aromatic carbocycles.